The molecule has 0 bridgehead atoms. The molecule has 0 spiro atoms. The highest BCUT2D eigenvalue weighted by molar-refractivity contribution is 7.17. The fraction of sp³-hybridized carbons (Fsp3) is 0.273. The maximum absolute atomic E-state index is 11.1. The third-order valence-electron chi connectivity index (χ3n) is 5.77. The van der Waals surface area contributed by atoms with Crippen LogP contribution in [0.15, 0.2) is 54.6 Å². The van der Waals surface area contributed by atoms with Crippen molar-refractivity contribution in [2.24, 2.45) is 0 Å². The highest BCUT2D eigenvalue weighted by Gasteiger charge is 2.32. The normalized spacial score (nSPS) is 15.8. The van der Waals surface area contributed by atoms with Gasteiger partial charge in [-0.2, -0.15) is 4.52 Å². The molecule has 1 fully saturated rings. The van der Waals surface area contributed by atoms with Crippen molar-refractivity contribution in [1.82, 2.24) is 19.5 Å². The second kappa shape index (κ2) is 8.21. The number of rotatable bonds is 5. The molecule has 2 aromatic heterocycles. The lowest BCUT2D eigenvalue weighted by Gasteiger charge is -2.40. The van der Waals surface area contributed by atoms with Crippen LogP contribution in [0.4, 0.5) is 11.4 Å². The van der Waals surface area contributed by atoms with E-state index in [1.54, 1.807) is 19.1 Å². The highest BCUT2D eigenvalue weighted by Crippen LogP contribution is 2.40. The first-order valence-corrected chi connectivity index (χ1v) is 11.2. The van der Waals surface area contributed by atoms with Gasteiger partial charge in [-0.15, -0.1) is 5.10 Å². The summed E-state index contributed by atoms with van der Waals surface area (Å²) >= 11 is 1.40. The van der Waals surface area contributed by atoms with Crippen LogP contribution in [-0.2, 0) is 0 Å². The van der Waals surface area contributed by atoms with E-state index < -0.39 is 4.92 Å². The van der Waals surface area contributed by atoms with Crippen LogP contribution in [0, 0.1) is 17.0 Å². The number of aryl methyl sites for hydroxylation is 1. The number of nitro groups is 1. The Hall–Kier alpha value is -3.50. The quantitative estimate of drug-likeness (QED) is 0.366. The van der Waals surface area contributed by atoms with Crippen molar-refractivity contribution in [2.75, 3.05) is 31.1 Å². The summed E-state index contributed by atoms with van der Waals surface area (Å²) in [6.45, 7) is 5.03. The standard InChI is InChI=1S/C22H22N6O3S/c1-15-23-22-27(24-15)21(29)20(32-22)19(16-7-9-18(10-8-16)28(30)31)26-13-11-25(12-14-26)17-5-3-2-4-6-17/h2-10,19,29H,11-14H2,1H3/t19-/m1/s1. The van der Waals surface area contributed by atoms with Crippen molar-refractivity contribution in [3.05, 3.63) is 81.0 Å². The van der Waals surface area contributed by atoms with E-state index in [9.17, 15) is 15.2 Å². The van der Waals surface area contributed by atoms with Gasteiger partial charge in [-0.05, 0) is 24.6 Å². The molecule has 1 atom stereocenters. The zero-order valence-corrected chi connectivity index (χ0v) is 18.3. The van der Waals surface area contributed by atoms with Gasteiger partial charge in [0.05, 0.1) is 15.8 Å². The number of anilines is 1. The van der Waals surface area contributed by atoms with Gasteiger partial charge in [0.2, 0.25) is 10.8 Å². The van der Waals surface area contributed by atoms with Gasteiger partial charge in [-0.3, -0.25) is 15.0 Å². The number of thiazole rings is 1. The Morgan fingerprint density at radius 2 is 1.75 bits per heavy atom. The molecule has 1 aliphatic heterocycles. The third kappa shape index (κ3) is 3.67. The molecule has 1 saturated heterocycles. The van der Waals surface area contributed by atoms with Gasteiger partial charge >= 0.3 is 0 Å². The van der Waals surface area contributed by atoms with E-state index in [-0.39, 0.29) is 17.6 Å². The minimum atomic E-state index is -0.402. The van der Waals surface area contributed by atoms with Crippen LogP contribution in [0.3, 0.4) is 0 Å². The lowest BCUT2D eigenvalue weighted by Crippen LogP contribution is -2.47. The van der Waals surface area contributed by atoms with Crippen LogP contribution in [0.25, 0.3) is 4.96 Å². The number of nitrogens with zero attached hydrogens (tertiary/aromatic N) is 6. The molecule has 5 rings (SSSR count). The molecule has 1 aliphatic rings. The molecule has 0 unspecified atom stereocenters. The summed E-state index contributed by atoms with van der Waals surface area (Å²) in [6.07, 6.45) is 0. The summed E-state index contributed by atoms with van der Waals surface area (Å²) in [7, 11) is 0. The molecule has 3 heterocycles. The zero-order chi connectivity index (χ0) is 22.2. The van der Waals surface area contributed by atoms with E-state index >= 15 is 0 Å². The number of nitro benzene ring substituents is 1. The van der Waals surface area contributed by atoms with Crippen LogP contribution >= 0.6 is 11.3 Å². The first-order chi connectivity index (χ1) is 15.5. The molecule has 0 radical (unpaired) electrons. The van der Waals surface area contributed by atoms with Gasteiger partial charge in [-0.25, -0.2) is 4.98 Å². The Labute approximate surface area is 188 Å². The van der Waals surface area contributed by atoms with Gasteiger partial charge in [0.15, 0.2) is 0 Å². The largest absolute Gasteiger partial charge is 0.492 e. The molecule has 32 heavy (non-hydrogen) atoms. The minimum Gasteiger partial charge on any atom is -0.492 e. The average molecular weight is 451 g/mol. The fourth-order valence-corrected chi connectivity index (χ4v) is 5.37. The number of fused-ring (bicyclic) bond motifs is 1. The molecular formula is C22H22N6O3S. The van der Waals surface area contributed by atoms with Crippen molar-refractivity contribution in [1.29, 1.82) is 0 Å². The minimum absolute atomic E-state index is 0.0453. The fourth-order valence-electron chi connectivity index (χ4n) is 4.21. The maximum atomic E-state index is 11.1. The number of aromatic nitrogens is 3. The second-order valence-corrected chi connectivity index (χ2v) is 8.76. The summed E-state index contributed by atoms with van der Waals surface area (Å²) in [5.41, 5.74) is 2.13. The van der Waals surface area contributed by atoms with Crippen LogP contribution in [-0.4, -0.2) is 55.7 Å². The number of hydrogen-bond acceptors (Lipinski definition) is 8. The first kappa shape index (κ1) is 20.4. The van der Waals surface area contributed by atoms with Crippen LogP contribution in [0.5, 0.6) is 5.88 Å². The summed E-state index contributed by atoms with van der Waals surface area (Å²) < 4.78 is 1.47. The van der Waals surface area contributed by atoms with Crippen LogP contribution in [0.2, 0.25) is 0 Å². The number of non-ortho nitro benzene ring substituents is 1. The average Bonchev–Trinajstić information content (AvgIpc) is 3.32. The Morgan fingerprint density at radius 3 is 2.38 bits per heavy atom. The monoisotopic (exact) mass is 450 g/mol. The van der Waals surface area contributed by atoms with Gasteiger partial charge in [0.25, 0.3) is 5.69 Å². The smallest absolute Gasteiger partial charge is 0.269 e. The first-order valence-electron chi connectivity index (χ1n) is 10.3. The van der Waals surface area contributed by atoms with Crippen molar-refractivity contribution >= 4 is 27.7 Å². The Kier molecular flexibility index (Phi) is 5.24. The molecule has 0 amide bonds. The number of piperazine rings is 1. The Morgan fingerprint density at radius 1 is 1.06 bits per heavy atom. The van der Waals surface area contributed by atoms with E-state index in [1.165, 1.54) is 33.7 Å². The molecule has 164 valence electrons. The summed E-state index contributed by atoms with van der Waals surface area (Å²) in [6, 6.07) is 16.6. The number of para-hydroxylation sites is 1. The lowest BCUT2D eigenvalue weighted by molar-refractivity contribution is -0.384. The zero-order valence-electron chi connectivity index (χ0n) is 17.5. The van der Waals surface area contributed by atoms with Gasteiger partial charge in [0, 0.05) is 44.0 Å². The lowest BCUT2D eigenvalue weighted by atomic mass is 10.0. The number of aromatic hydroxyl groups is 1. The van der Waals surface area contributed by atoms with E-state index in [0.29, 0.717) is 10.8 Å². The van der Waals surface area contributed by atoms with Crippen molar-refractivity contribution in [2.45, 2.75) is 13.0 Å². The molecule has 0 saturated carbocycles. The summed E-state index contributed by atoms with van der Waals surface area (Å²) in [5, 5.41) is 26.4. The van der Waals surface area contributed by atoms with E-state index in [0.717, 1.165) is 36.6 Å². The Balaban J connectivity index is 1.49. The van der Waals surface area contributed by atoms with Crippen molar-refractivity contribution in [3.8, 4) is 5.88 Å². The molecule has 10 heteroatoms. The maximum Gasteiger partial charge on any atom is 0.269 e. The number of benzene rings is 2. The summed E-state index contributed by atoms with van der Waals surface area (Å²) in [4.78, 5) is 21.1. The van der Waals surface area contributed by atoms with Gasteiger partial charge in [0.1, 0.15) is 5.82 Å². The second-order valence-electron chi connectivity index (χ2n) is 7.75. The molecule has 4 aromatic rings. The third-order valence-corrected chi connectivity index (χ3v) is 6.85. The van der Waals surface area contributed by atoms with E-state index in [4.69, 9.17) is 0 Å². The number of hydrogen-bond donors (Lipinski definition) is 1. The van der Waals surface area contributed by atoms with Crippen molar-refractivity contribution < 1.29 is 10.0 Å². The van der Waals surface area contributed by atoms with Crippen LogP contribution < -0.4 is 4.90 Å². The van der Waals surface area contributed by atoms with E-state index in [1.807, 2.05) is 18.2 Å². The van der Waals surface area contributed by atoms with Gasteiger partial charge in [-0.1, -0.05) is 41.7 Å². The molecule has 9 nitrogen and oxygen atoms in total. The summed E-state index contributed by atoms with van der Waals surface area (Å²) in [5.74, 6) is 0.668. The highest BCUT2D eigenvalue weighted by atomic mass is 32.1. The molecule has 2 aromatic carbocycles. The molecule has 0 aliphatic carbocycles. The predicted octanol–water partition coefficient (Wildman–Crippen LogP) is 3.62. The SMILES string of the molecule is Cc1nc2sc([C@@H](c3ccc([N+](=O)[O-])cc3)N3CCN(c4ccccc4)CC3)c(O)n2n1. The van der Waals surface area contributed by atoms with E-state index in [2.05, 4.69) is 32.0 Å². The van der Waals surface area contributed by atoms with Crippen molar-refractivity contribution in [3.63, 3.8) is 0 Å². The topological polar surface area (TPSA) is 100 Å². The molecular weight excluding hydrogens is 428 g/mol. The Bertz CT molecular complexity index is 1250. The van der Waals surface area contributed by atoms with Gasteiger partial charge < -0.3 is 10.0 Å². The van der Waals surface area contributed by atoms with Crippen LogP contribution in [0.1, 0.15) is 22.3 Å². The predicted molar refractivity (Wildman–Crippen MR) is 122 cm³/mol. The molecule has 1 N–H and O–H groups in total.